The lowest BCUT2D eigenvalue weighted by Crippen LogP contribution is -2.53. The number of carbonyl (C=O) groups is 2. The molecule has 0 spiro atoms. The van der Waals surface area contributed by atoms with E-state index >= 15 is 0 Å². The van der Waals surface area contributed by atoms with Gasteiger partial charge in [0.15, 0.2) is 5.60 Å². The van der Waals surface area contributed by atoms with Gasteiger partial charge in [0.25, 0.3) is 11.8 Å². The molecule has 4 rings (SSSR count). The lowest BCUT2D eigenvalue weighted by Gasteiger charge is -2.43. The molecule has 1 N–H and O–H groups in total. The van der Waals surface area contributed by atoms with Crippen molar-refractivity contribution in [1.82, 2.24) is 9.80 Å². The summed E-state index contributed by atoms with van der Waals surface area (Å²) in [5, 5.41) is 11.5. The molecule has 0 aromatic heterocycles. The van der Waals surface area contributed by atoms with Crippen LogP contribution in [0.3, 0.4) is 0 Å². The van der Waals surface area contributed by atoms with Gasteiger partial charge in [-0.25, -0.2) is 0 Å². The first kappa shape index (κ1) is 18.0. The monoisotopic (exact) mass is 366 g/mol. The molecule has 3 heterocycles. The molecule has 1 aromatic carbocycles. The van der Waals surface area contributed by atoms with Crippen molar-refractivity contribution in [2.45, 2.75) is 50.7 Å². The summed E-state index contributed by atoms with van der Waals surface area (Å²) in [6, 6.07) is 7.86. The van der Waals surface area contributed by atoms with Crippen molar-refractivity contribution in [3.05, 3.63) is 53.6 Å². The first-order valence-corrected chi connectivity index (χ1v) is 9.61. The van der Waals surface area contributed by atoms with Crippen LogP contribution in [0, 0.1) is 0 Å². The van der Waals surface area contributed by atoms with Gasteiger partial charge in [0, 0.05) is 30.6 Å². The first-order valence-electron chi connectivity index (χ1n) is 9.61. The molecule has 1 fully saturated rings. The molecule has 1 unspecified atom stereocenters. The SMILES string of the molecule is C=CCC1(O)C(=O)N2C(=C1C(=O)N1CCCC1)c1ccccc1CC2(C)C. The summed E-state index contributed by atoms with van der Waals surface area (Å²) in [7, 11) is 0. The number of aliphatic hydroxyl groups is 1. The highest BCUT2D eigenvalue weighted by atomic mass is 16.3. The molecular formula is C22H26N2O3. The lowest BCUT2D eigenvalue weighted by molar-refractivity contribution is -0.147. The molecule has 0 saturated carbocycles. The summed E-state index contributed by atoms with van der Waals surface area (Å²) in [6.45, 7) is 9.02. The van der Waals surface area contributed by atoms with E-state index in [0.717, 1.165) is 24.0 Å². The fourth-order valence-corrected chi connectivity index (χ4v) is 4.74. The second kappa shape index (κ2) is 6.06. The van der Waals surface area contributed by atoms with E-state index < -0.39 is 17.0 Å². The van der Waals surface area contributed by atoms with E-state index in [1.807, 2.05) is 38.1 Å². The number of benzene rings is 1. The number of likely N-dealkylation sites (tertiary alicyclic amines) is 1. The van der Waals surface area contributed by atoms with Crippen LogP contribution in [0.15, 0.2) is 42.5 Å². The van der Waals surface area contributed by atoms with Gasteiger partial charge in [0.2, 0.25) is 0 Å². The highest BCUT2D eigenvalue weighted by Crippen LogP contribution is 2.49. The minimum atomic E-state index is -1.86. The molecule has 1 aromatic rings. The number of amides is 2. The predicted molar refractivity (Wildman–Crippen MR) is 104 cm³/mol. The van der Waals surface area contributed by atoms with Crippen LogP contribution in [0.1, 0.15) is 44.2 Å². The first-order chi connectivity index (χ1) is 12.8. The van der Waals surface area contributed by atoms with Crippen molar-refractivity contribution < 1.29 is 14.7 Å². The van der Waals surface area contributed by atoms with E-state index in [1.54, 1.807) is 9.80 Å². The zero-order valence-electron chi connectivity index (χ0n) is 16.0. The molecule has 2 amide bonds. The van der Waals surface area contributed by atoms with E-state index in [1.165, 1.54) is 6.08 Å². The molecular weight excluding hydrogens is 340 g/mol. The van der Waals surface area contributed by atoms with Crippen molar-refractivity contribution in [1.29, 1.82) is 0 Å². The van der Waals surface area contributed by atoms with Crippen molar-refractivity contribution in [3.63, 3.8) is 0 Å². The second-order valence-electron chi connectivity index (χ2n) is 8.36. The Morgan fingerprint density at radius 3 is 2.59 bits per heavy atom. The summed E-state index contributed by atoms with van der Waals surface area (Å²) in [5.41, 5.74) is 0.375. The summed E-state index contributed by atoms with van der Waals surface area (Å²) >= 11 is 0. The summed E-state index contributed by atoms with van der Waals surface area (Å²) in [5.74, 6) is -0.644. The van der Waals surface area contributed by atoms with Gasteiger partial charge < -0.3 is 14.9 Å². The number of hydrogen-bond donors (Lipinski definition) is 1. The lowest BCUT2D eigenvalue weighted by atomic mass is 9.83. The fourth-order valence-electron chi connectivity index (χ4n) is 4.74. The van der Waals surface area contributed by atoms with Crippen molar-refractivity contribution in [2.75, 3.05) is 13.1 Å². The Hall–Kier alpha value is -2.40. The van der Waals surface area contributed by atoms with Gasteiger partial charge in [-0.2, -0.15) is 0 Å². The van der Waals surface area contributed by atoms with Crippen LogP contribution in [0.5, 0.6) is 0 Å². The average Bonchev–Trinajstić information content (AvgIpc) is 3.22. The minimum absolute atomic E-state index is 0.0268. The zero-order chi connectivity index (χ0) is 19.4. The molecule has 1 atom stereocenters. The van der Waals surface area contributed by atoms with Gasteiger partial charge in [0.1, 0.15) is 0 Å². The molecule has 5 nitrogen and oxygen atoms in total. The van der Waals surface area contributed by atoms with Gasteiger partial charge in [-0.1, -0.05) is 30.3 Å². The Kier molecular flexibility index (Phi) is 4.04. The Morgan fingerprint density at radius 1 is 1.26 bits per heavy atom. The highest BCUT2D eigenvalue weighted by molar-refractivity contribution is 6.17. The molecule has 5 heteroatoms. The average molecular weight is 366 g/mol. The van der Waals surface area contributed by atoms with Gasteiger partial charge >= 0.3 is 0 Å². The topological polar surface area (TPSA) is 60.9 Å². The zero-order valence-corrected chi connectivity index (χ0v) is 16.0. The Balaban J connectivity index is 2.00. The number of hydrogen-bond acceptors (Lipinski definition) is 3. The third-order valence-electron chi connectivity index (χ3n) is 5.98. The van der Waals surface area contributed by atoms with Crippen molar-refractivity contribution >= 4 is 17.5 Å². The smallest absolute Gasteiger partial charge is 0.264 e. The Bertz CT molecular complexity index is 864. The summed E-state index contributed by atoms with van der Waals surface area (Å²) in [6.07, 6.45) is 4.13. The van der Waals surface area contributed by atoms with Crippen molar-refractivity contribution in [3.8, 4) is 0 Å². The van der Waals surface area contributed by atoms with Gasteiger partial charge in [0.05, 0.1) is 11.3 Å². The highest BCUT2D eigenvalue weighted by Gasteiger charge is 2.59. The maximum atomic E-state index is 13.5. The molecule has 0 bridgehead atoms. The van der Waals surface area contributed by atoms with Crippen molar-refractivity contribution in [2.24, 2.45) is 0 Å². The summed E-state index contributed by atoms with van der Waals surface area (Å²) < 4.78 is 0. The Labute approximate surface area is 160 Å². The Morgan fingerprint density at radius 2 is 1.93 bits per heavy atom. The van der Waals surface area contributed by atoms with E-state index in [9.17, 15) is 14.7 Å². The minimum Gasteiger partial charge on any atom is -0.375 e. The van der Waals surface area contributed by atoms with E-state index in [4.69, 9.17) is 0 Å². The van der Waals surface area contributed by atoms with E-state index in [2.05, 4.69) is 6.58 Å². The van der Waals surface area contributed by atoms with Gasteiger partial charge in [-0.3, -0.25) is 9.59 Å². The molecule has 3 aliphatic heterocycles. The quantitative estimate of drug-likeness (QED) is 0.836. The van der Waals surface area contributed by atoms with Crippen LogP contribution in [0.2, 0.25) is 0 Å². The van der Waals surface area contributed by atoms with Crippen LogP contribution >= 0.6 is 0 Å². The predicted octanol–water partition coefficient (Wildman–Crippen LogP) is 2.50. The standard InChI is InChI=1S/C22H26N2O3/c1-4-11-22(27)17(19(25)23-12-7-8-13-23)18-16-10-6-5-9-15(16)14-21(2,3)24(18)20(22)26/h4-6,9-10,27H,1,7-8,11-14H2,2-3H3. The molecule has 142 valence electrons. The normalized spacial score (nSPS) is 26.3. The van der Waals surface area contributed by atoms with Crippen LogP contribution in [0.4, 0.5) is 0 Å². The maximum Gasteiger partial charge on any atom is 0.264 e. The van der Waals surface area contributed by atoms with Gasteiger partial charge in [-0.05, 0) is 38.7 Å². The van der Waals surface area contributed by atoms with Gasteiger partial charge in [-0.15, -0.1) is 6.58 Å². The maximum absolute atomic E-state index is 13.5. The number of rotatable bonds is 3. The number of carbonyl (C=O) groups excluding carboxylic acids is 2. The largest absolute Gasteiger partial charge is 0.375 e. The molecule has 1 saturated heterocycles. The van der Waals surface area contributed by atoms with Crippen LogP contribution in [0.25, 0.3) is 5.70 Å². The van der Waals surface area contributed by atoms with E-state index in [0.29, 0.717) is 25.2 Å². The fraction of sp³-hybridized carbons (Fsp3) is 0.455. The molecule has 0 aliphatic carbocycles. The number of fused-ring (bicyclic) bond motifs is 3. The molecule has 27 heavy (non-hydrogen) atoms. The van der Waals surface area contributed by atoms with Crippen LogP contribution in [-0.2, 0) is 16.0 Å². The molecule has 3 aliphatic rings. The van der Waals surface area contributed by atoms with E-state index in [-0.39, 0.29) is 17.9 Å². The third kappa shape index (κ3) is 2.48. The third-order valence-corrected chi connectivity index (χ3v) is 5.98. The molecule has 0 radical (unpaired) electrons. The van der Waals surface area contributed by atoms with Crippen LogP contribution in [-0.4, -0.2) is 51.0 Å². The van der Waals surface area contributed by atoms with Crippen LogP contribution < -0.4 is 0 Å². The summed E-state index contributed by atoms with van der Waals surface area (Å²) in [4.78, 5) is 30.3. The number of nitrogens with zero attached hydrogens (tertiary/aromatic N) is 2. The second-order valence-corrected chi connectivity index (χ2v) is 8.36.